The zero-order valence-electron chi connectivity index (χ0n) is 8.19. The topological polar surface area (TPSA) is 37.8 Å². The van der Waals surface area contributed by atoms with E-state index in [2.05, 4.69) is 45.1 Å². The van der Waals surface area contributed by atoms with Crippen LogP contribution in [-0.2, 0) is 6.42 Å². The zero-order chi connectivity index (χ0) is 9.84. The van der Waals surface area contributed by atoms with Crippen molar-refractivity contribution < 1.29 is 0 Å². The molecule has 0 fully saturated rings. The number of hydrogen-bond donors (Lipinski definition) is 1. The third kappa shape index (κ3) is 2.40. The second kappa shape index (κ2) is 4.56. The lowest BCUT2D eigenvalue weighted by molar-refractivity contribution is 0.933. The second-order valence-corrected chi connectivity index (χ2v) is 3.56. The predicted octanol–water partition coefficient (Wildman–Crippen LogP) is 2.54. The van der Waals surface area contributed by atoms with Crippen molar-refractivity contribution in [3.8, 4) is 0 Å². The van der Waals surface area contributed by atoms with Gasteiger partial charge in [-0.3, -0.25) is 0 Å². The van der Waals surface area contributed by atoms with Crippen molar-refractivity contribution in [2.45, 2.75) is 27.2 Å². The zero-order valence-corrected chi connectivity index (χ0v) is 9.77. The molecule has 0 saturated carbocycles. The van der Waals surface area contributed by atoms with Crippen LogP contribution < -0.4 is 5.32 Å². The van der Waals surface area contributed by atoms with E-state index < -0.39 is 0 Å². The Morgan fingerprint density at radius 2 is 2.00 bits per heavy atom. The maximum absolute atomic E-state index is 4.34. The Balaban J connectivity index is 3.11. The van der Waals surface area contributed by atoms with E-state index in [0.29, 0.717) is 0 Å². The molecule has 0 aliphatic rings. The number of aryl methyl sites for hydroxylation is 2. The monoisotopic (exact) mass is 243 g/mol. The SMILES string of the molecule is CCNc1nc(C)nc(CC)c1Br. The summed E-state index contributed by atoms with van der Waals surface area (Å²) in [6.07, 6.45) is 0.919. The van der Waals surface area contributed by atoms with Crippen molar-refractivity contribution in [2.24, 2.45) is 0 Å². The molecule has 0 amide bonds. The van der Waals surface area contributed by atoms with Gasteiger partial charge in [-0.15, -0.1) is 0 Å². The first-order chi connectivity index (χ1) is 6.19. The first-order valence-electron chi connectivity index (χ1n) is 4.45. The number of nitrogens with zero attached hydrogens (tertiary/aromatic N) is 2. The maximum Gasteiger partial charge on any atom is 0.144 e. The van der Waals surface area contributed by atoms with E-state index in [1.807, 2.05) is 6.92 Å². The van der Waals surface area contributed by atoms with Gasteiger partial charge in [0, 0.05) is 6.54 Å². The van der Waals surface area contributed by atoms with Crippen LogP contribution in [0.4, 0.5) is 5.82 Å². The predicted molar refractivity (Wildman–Crippen MR) is 58.0 cm³/mol. The van der Waals surface area contributed by atoms with Crippen molar-refractivity contribution in [1.29, 1.82) is 0 Å². The lowest BCUT2D eigenvalue weighted by atomic mass is 10.3. The van der Waals surface area contributed by atoms with Crippen LogP contribution >= 0.6 is 15.9 Å². The van der Waals surface area contributed by atoms with Crippen LogP contribution in [0.25, 0.3) is 0 Å². The summed E-state index contributed by atoms with van der Waals surface area (Å²) in [4.78, 5) is 8.64. The highest BCUT2D eigenvalue weighted by Gasteiger charge is 2.07. The summed E-state index contributed by atoms with van der Waals surface area (Å²) in [6.45, 7) is 6.92. The molecule has 0 bridgehead atoms. The lowest BCUT2D eigenvalue weighted by Gasteiger charge is -2.08. The highest BCUT2D eigenvalue weighted by atomic mass is 79.9. The van der Waals surface area contributed by atoms with Crippen LogP contribution in [0.1, 0.15) is 25.4 Å². The van der Waals surface area contributed by atoms with Crippen molar-refractivity contribution in [1.82, 2.24) is 9.97 Å². The molecular formula is C9H14BrN3. The minimum Gasteiger partial charge on any atom is -0.369 e. The molecule has 1 rings (SSSR count). The van der Waals surface area contributed by atoms with E-state index in [0.717, 1.165) is 34.8 Å². The van der Waals surface area contributed by atoms with Crippen LogP contribution in [0.15, 0.2) is 4.47 Å². The second-order valence-electron chi connectivity index (χ2n) is 2.76. The number of rotatable bonds is 3. The van der Waals surface area contributed by atoms with Gasteiger partial charge in [0.25, 0.3) is 0 Å². The van der Waals surface area contributed by atoms with Crippen molar-refractivity contribution in [3.05, 3.63) is 16.0 Å². The first kappa shape index (κ1) is 10.4. The quantitative estimate of drug-likeness (QED) is 0.887. The highest BCUT2D eigenvalue weighted by molar-refractivity contribution is 9.10. The van der Waals surface area contributed by atoms with Crippen molar-refractivity contribution >= 4 is 21.7 Å². The van der Waals surface area contributed by atoms with Gasteiger partial charge in [-0.1, -0.05) is 6.92 Å². The van der Waals surface area contributed by atoms with Gasteiger partial charge in [0.05, 0.1) is 10.2 Å². The molecule has 0 spiro atoms. The van der Waals surface area contributed by atoms with E-state index in [4.69, 9.17) is 0 Å². The summed E-state index contributed by atoms with van der Waals surface area (Å²) < 4.78 is 0.988. The average molecular weight is 244 g/mol. The summed E-state index contributed by atoms with van der Waals surface area (Å²) in [6, 6.07) is 0. The summed E-state index contributed by atoms with van der Waals surface area (Å²) in [7, 11) is 0. The molecule has 13 heavy (non-hydrogen) atoms. The summed E-state index contributed by atoms with van der Waals surface area (Å²) in [5, 5.41) is 3.19. The summed E-state index contributed by atoms with van der Waals surface area (Å²) >= 11 is 3.49. The molecule has 72 valence electrons. The molecule has 0 aliphatic heterocycles. The van der Waals surface area contributed by atoms with E-state index in [1.165, 1.54) is 0 Å². The molecule has 0 atom stereocenters. The Kier molecular flexibility index (Phi) is 3.66. The molecule has 0 saturated heterocycles. The van der Waals surface area contributed by atoms with E-state index in [9.17, 15) is 0 Å². The average Bonchev–Trinajstić information content (AvgIpc) is 2.11. The smallest absolute Gasteiger partial charge is 0.144 e. The van der Waals surface area contributed by atoms with E-state index >= 15 is 0 Å². The molecule has 0 aliphatic carbocycles. The normalized spacial score (nSPS) is 10.2. The Bertz CT molecular complexity index is 299. The number of aromatic nitrogens is 2. The van der Waals surface area contributed by atoms with Gasteiger partial charge in [-0.05, 0) is 36.2 Å². The Morgan fingerprint density at radius 1 is 1.31 bits per heavy atom. The molecule has 0 radical (unpaired) electrons. The standard InChI is InChI=1S/C9H14BrN3/c1-4-7-8(10)9(11-5-2)13-6(3)12-7/h4-5H2,1-3H3,(H,11,12,13). The van der Waals surface area contributed by atoms with Gasteiger partial charge in [-0.25, -0.2) is 9.97 Å². The van der Waals surface area contributed by atoms with Gasteiger partial charge in [0.15, 0.2) is 0 Å². The van der Waals surface area contributed by atoms with Gasteiger partial charge in [-0.2, -0.15) is 0 Å². The Hall–Kier alpha value is -0.640. The van der Waals surface area contributed by atoms with Crippen LogP contribution in [0.2, 0.25) is 0 Å². The third-order valence-corrected chi connectivity index (χ3v) is 2.54. The van der Waals surface area contributed by atoms with Crippen LogP contribution in [-0.4, -0.2) is 16.5 Å². The highest BCUT2D eigenvalue weighted by Crippen LogP contribution is 2.23. The molecule has 1 N–H and O–H groups in total. The molecule has 1 aromatic rings. The molecule has 1 heterocycles. The number of hydrogen-bond acceptors (Lipinski definition) is 3. The Morgan fingerprint density at radius 3 is 2.54 bits per heavy atom. The largest absolute Gasteiger partial charge is 0.369 e. The molecule has 0 aromatic carbocycles. The van der Waals surface area contributed by atoms with Crippen molar-refractivity contribution in [2.75, 3.05) is 11.9 Å². The molecule has 1 aromatic heterocycles. The van der Waals surface area contributed by atoms with Gasteiger partial charge in [0.2, 0.25) is 0 Å². The fraction of sp³-hybridized carbons (Fsp3) is 0.556. The summed E-state index contributed by atoms with van der Waals surface area (Å²) in [5.41, 5.74) is 1.06. The Labute approximate surface area is 87.1 Å². The minimum absolute atomic E-state index is 0.816. The molecular weight excluding hydrogens is 230 g/mol. The number of halogens is 1. The number of nitrogens with one attached hydrogen (secondary N) is 1. The van der Waals surface area contributed by atoms with Crippen LogP contribution in [0.3, 0.4) is 0 Å². The molecule has 4 heteroatoms. The van der Waals surface area contributed by atoms with E-state index in [1.54, 1.807) is 0 Å². The fourth-order valence-electron chi connectivity index (χ4n) is 1.14. The van der Waals surface area contributed by atoms with E-state index in [-0.39, 0.29) is 0 Å². The summed E-state index contributed by atoms with van der Waals surface area (Å²) in [5.74, 6) is 1.71. The maximum atomic E-state index is 4.34. The van der Waals surface area contributed by atoms with Crippen LogP contribution in [0, 0.1) is 6.92 Å². The van der Waals surface area contributed by atoms with Gasteiger partial charge in [0.1, 0.15) is 11.6 Å². The van der Waals surface area contributed by atoms with Crippen molar-refractivity contribution in [3.63, 3.8) is 0 Å². The molecule has 3 nitrogen and oxygen atoms in total. The lowest BCUT2D eigenvalue weighted by Crippen LogP contribution is -2.05. The third-order valence-electron chi connectivity index (χ3n) is 1.71. The van der Waals surface area contributed by atoms with Gasteiger partial charge >= 0.3 is 0 Å². The fourth-order valence-corrected chi connectivity index (χ4v) is 1.73. The minimum atomic E-state index is 0.816. The van der Waals surface area contributed by atoms with Crippen LogP contribution in [0.5, 0.6) is 0 Å². The first-order valence-corrected chi connectivity index (χ1v) is 5.25. The number of anilines is 1. The molecule has 0 unspecified atom stereocenters. The van der Waals surface area contributed by atoms with Gasteiger partial charge < -0.3 is 5.32 Å².